The molecule has 5 rings (SSSR count). The van der Waals surface area contributed by atoms with Gasteiger partial charge in [-0.15, -0.1) is 0 Å². The number of sulfone groups is 1. The first kappa shape index (κ1) is 23.8. The minimum atomic E-state index is -3.52. The molecule has 182 valence electrons. The summed E-state index contributed by atoms with van der Waals surface area (Å²) in [5, 5.41) is 3.17. The molecule has 4 aromatic rings. The number of nitrogens with one attached hydrogen (secondary N) is 1. The molecule has 4 aromatic carbocycles. The van der Waals surface area contributed by atoms with Crippen LogP contribution >= 0.6 is 0 Å². The summed E-state index contributed by atoms with van der Waals surface area (Å²) in [6.45, 7) is 0.724. The Morgan fingerprint density at radius 2 is 1.58 bits per heavy atom. The fourth-order valence-electron chi connectivity index (χ4n) is 4.51. The number of rotatable bonds is 7. The maximum atomic E-state index is 13.4. The van der Waals surface area contributed by atoms with E-state index in [9.17, 15) is 13.2 Å². The fraction of sp³-hybridized carbons (Fsp3) is 0.167. The number of aryl methyl sites for hydroxylation is 1. The van der Waals surface area contributed by atoms with Gasteiger partial charge in [0.15, 0.2) is 9.84 Å². The third-order valence-electron chi connectivity index (χ3n) is 6.32. The van der Waals surface area contributed by atoms with Crippen molar-refractivity contribution >= 4 is 15.7 Å². The highest BCUT2D eigenvalue weighted by Crippen LogP contribution is 2.30. The maximum Gasteiger partial charge on any atom is 0.252 e. The minimum Gasteiger partial charge on any atom is -0.493 e. The third kappa shape index (κ3) is 5.34. The summed E-state index contributed by atoms with van der Waals surface area (Å²) >= 11 is 0. The number of hydrogen-bond donors (Lipinski definition) is 1. The van der Waals surface area contributed by atoms with Crippen molar-refractivity contribution in [2.45, 2.75) is 29.5 Å². The number of ether oxygens (including phenoxy) is 1. The Morgan fingerprint density at radius 1 is 0.833 bits per heavy atom. The predicted octanol–water partition coefficient (Wildman–Crippen LogP) is 5.50. The molecule has 1 aliphatic rings. The van der Waals surface area contributed by atoms with Crippen LogP contribution in [0.15, 0.2) is 108 Å². The molecule has 1 N–H and O–H groups in total. The van der Waals surface area contributed by atoms with Gasteiger partial charge in [-0.3, -0.25) is 4.79 Å². The van der Waals surface area contributed by atoms with Crippen molar-refractivity contribution in [3.63, 3.8) is 0 Å². The van der Waals surface area contributed by atoms with Crippen LogP contribution in [0.4, 0.5) is 0 Å². The lowest BCUT2D eigenvalue weighted by atomic mass is 9.94. The van der Waals surface area contributed by atoms with E-state index in [0.29, 0.717) is 11.1 Å². The van der Waals surface area contributed by atoms with Gasteiger partial charge in [-0.25, -0.2) is 8.42 Å². The molecule has 0 saturated carbocycles. The highest BCUT2D eigenvalue weighted by molar-refractivity contribution is 7.90. The zero-order valence-corrected chi connectivity index (χ0v) is 20.6. The Morgan fingerprint density at radius 3 is 2.36 bits per heavy atom. The molecule has 0 aliphatic carbocycles. The molecular weight excluding hydrogens is 470 g/mol. The summed E-state index contributed by atoms with van der Waals surface area (Å²) in [6.07, 6.45) is 1.91. The molecule has 1 aliphatic heterocycles. The average molecular weight is 498 g/mol. The van der Waals surface area contributed by atoms with Gasteiger partial charge < -0.3 is 10.1 Å². The van der Waals surface area contributed by atoms with Gasteiger partial charge in [-0.2, -0.15) is 0 Å². The summed E-state index contributed by atoms with van der Waals surface area (Å²) in [5.74, 6) is 0.456. The Balaban J connectivity index is 1.41. The lowest BCUT2D eigenvalue weighted by molar-refractivity contribution is 0.0943. The highest BCUT2D eigenvalue weighted by atomic mass is 32.2. The van der Waals surface area contributed by atoms with Gasteiger partial charge >= 0.3 is 0 Å². The number of benzene rings is 4. The van der Waals surface area contributed by atoms with Crippen LogP contribution in [0.25, 0.3) is 0 Å². The van der Waals surface area contributed by atoms with Crippen molar-refractivity contribution in [2.24, 2.45) is 0 Å². The Labute approximate surface area is 211 Å². The summed E-state index contributed by atoms with van der Waals surface area (Å²) in [5.41, 5.74) is 4.06. The normalized spacial score (nSPS) is 13.8. The van der Waals surface area contributed by atoms with Crippen molar-refractivity contribution in [2.75, 3.05) is 6.61 Å². The van der Waals surface area contributed by atoms with Crippen LogP contribution in [-0.2, 0) is 22.0 Å². The molecule has 0 aromatic heterocycles. The third-order valence-corrected chi connectivity index (χ3v) is 8.03. The lowest BCUT2D eigenvalue weighted by Gasteiger charge is -2.23. The smallest absolute Gasteiger partial charge is 0.252 e. The van der Waals surface area contributed by atoms with E-state index in [4.69, 9.17) is 4.74 Å². The molecule has 0 radical (unpaired) electrons. The molecule has 6 heteroatoms. The Kier molecular flexibility index (Phi) is 6.87. The van der Waals surface area contributed by atoms with E-state index in [1.807, 2.05) is 42.5 Å². The van der Waals surface area contributed by atoms with Crippen molar-refractivity contribution in [3.8, 4) is 5.75 Å². The zero-order chi connectivity index (χ0) is 25.0. The van der Waals surface area contributed by atoms with E-state index in [0.717, 1.165) is 41.9 Å². The van der Waals surface area contributed by atoms with E-state index in [1.54, 1.807) is 54.6 Å². The van der Waals surface area contributed by atoms with E-state index in [1.165, 1.54) is 0 Å². The molecule has 1 atom stereocenters. The van der Waals surface area contributed by atoms with Gasteiger partial charge in [0.2, 0.25) is 0 Å². The van der Waals surface area contributed by atoms with Crippen LogP contribution in [-0.4, -0.2) is 20.9 Å². The molecule has 0 bridgehead atoms. The van der Waals surface area contributed by atoms with E-state index < -0.39 is 9.84 Å². The first-order valence-electron chi connectivity index (χ1n) is 12.0. The lowest BCUT2D eigenvalue weighted by Crippen LogP contribution is -2.29. The molecule has 0 saturated heterocycles. The number of carbonyl (C=O) groups excluding carboxylic acids is 1. The summed E-state index contributed by atoms with van der Waals surface area (Å²) in [6, 6.07) is 30.7. The second-order valence-electron chi connectivity index (χ2n) is 8.91. The van der Waals surface area contributed by atoms with Crippen LogP contribution in [0.5, 0.6) is 5.75 Å². The van der Waals surface area contributed by atoms with Gasteiger partial charge in [-0.05, 0) is 71.5 Å². The van der Waals surface area contributed by atoms with Gasteiger partial charge in [0.25, 0.3) is 5.91 Å². The number of hydrogen-bond acceptors (Lipinski definition) is 4. The standard InChI is InChI=1S/C30H27NO4S/c32-30(26-12-7-9-22(19-26)21-36(33,34)27-14-5-2-6-15-27)31-29(23-10-3-1-4-11-23)25-16-17-28-24(20-25)13-8-18-35-28/h1-7,9-12,14-17,19-20,29H,8,13,18,21H2,(H,31,32). The fourth-order valence-corrected chi connectivity index (χ4v) is 5.87. The number of fused-ring (bicyclic) bond motifs is 1. The van der Waals surface area contributed by atoms with Crippen LogP contribution in [0.3, 0.4) is 0 Å². The molecule has 36 heavy (non-hydrogen) atoms. The van der Waals surface area contributed by atoms with Crippen molar-refractivity contribution in [3.05, 3.63) is 131 Å². The van der Waals surface area contributed by atoms with Gasteiger partial charge in [-0.1, -0.05) is 66.7 Å². The maximum absolute atomic E-state index is 13.4. The second kappa shape index (κ2) is 10.4. The highest BCUT2D eigenvalue weighted by Gasteiger charge is 2.21. The quantitative estimate of drug-likeness (QED) is 0.366. The first-order chi connectivity index (χ1) is 17.5. The molecule has 1 unspecified atom stereocenters. The van der Waals surface area contributed by atoms with Gasteiger partial charge in [0.1, 0.15) is 5.75 Å². The topological polar surface area (TPSA) is 72.5 Å². The van der Waals surface area contributed by atoms with Crippen molar-refractivity contribution < 1.29 is 17.9 Å². The summed E-state index contributed by atoms with van der Waals surface area (Å²) < 4.78 is 31.4. The van der Waals surface area contributed by atoms with E-state index in [-0.39, 0.29) is 22.6 Å². The number of amides is 1. The molecule has 0 spiro atoms. The van der Waals surface area contributed by atoms with E-state index in [2.05, 4.69) is 11.4 Å². The van der Waals surface area contributed by atoms with Crippen LogP contribution < -0.4 is 10.1 Å². The Bertz CT molecular complexity index is 1470. The molecule has 5 nitrogen and oxygen atoms in total. The average Bonchev–Trinajstić information content (AvgIpc) is 2.92. The van der Waals surface area contributed by atoms with Gasteiger partial charge in [0, 0.05) is 5.56 Å². The molecule has 1 heterocycles. The molecular formula is C30H27NO4S. The largest absolute Gasteiger partial charge is 0.493 e. The number of carbonyl (C=O) groups is 1. The van der Waals surface area contributed by atoms with Crippen LogP contribution in [0, 0.1) is 0 Å². The first-order valence-corrected chi connectivity index (χ1v) is 13.6. The molecule has 1 amide bonds. The van der Waals surface area contributed by atoms with Crippen molar-refractivity contribution in [1.82, 2.24) is 5.32 Å². The van der Waals surface area contributed by atoms with Crippen molar-refractivity contribution in [1.29, 1.82) is 0 Å². The summed E-state index contributed by atoms with van der Waals surface area (Å²) in [7, 11) is -3.52. The van der Waals surface area contributed by atoms with E-state index >= 15 is 0 Å². The minimum absolute atomic E-state index is 0.176. The monoisotopic (exact) mass is 497 g/mol. The zero-order valence-electron chi connectivity index (χ0n) is 19.8. The van der Waals surface area contributed by atoms with Crippen LogP contribution in [0.1, 0.15) is 45.1 Å². The summed E-state index contributed by atoms with van der Waals surface area (Å²) in [4.78, 5) is 13.7. The SMILES string of the molecule is O=C(NC(c1ccccc1)c1ccc2c(c1)CCCO2)c1cccc(CS(=O)(=O)c2ccccc2)c1. The Hall–Kier alpha value is -3.90. The van der Waals surface area contributed by atoms with Crippen LogP contribution in [0.2, 0.25) is 0 Å². The second-order valence-corrected chi connectivity index (χ2v) is 10.9. The van der Waals surface area contributed by atoms with Gasteiger partial charge in [0.05, 0.1) is 23.3 Å². The predicted molar refractivity (Wildman–Crippen MR) is 140 cm³/mol. The molecule has 0 fully saturated rings.